The van der Waals surface area contributed by atoms with Gasteiger partial charge in [0.25, 0.3) is 5.91 Å². The molecule has 0 radical (unpaired) electrons. The maximum absolute atomic E-state index is 12.3. The number of halogens is 1. The van der Waals surface area contributed by atoms with Crippen molar-refractivity contribution in [3.8, 4) is 0 Å². The van der Waals surface area contributed by atoms with Crippen LogP contribution in [0.3, 0.4) is 0 Å². The van der Waals surface area contributed by atoms with Crippen LogP contribution in [-0.4, -0.2) is 53.5 Å². The van der Waals surface area contributed by atoms with Gasteiger partial charge >= 0.3 is 0 Å². The third-order valence-corrected chi connectivity index (χ3v) is 3.95. The highest BCUT2D eigenvalue weighted by molar-refractivity contribution is 7.14. The van der Waals surface area contributed by atoms with Gasteiger partial charge in [0.2, 0.25) is 11.8 Å². The number of thiazole rings is 1. The Morgan fingerprint density at radius 2 is 2.30 bits per heavy atom. The summed E-state index contributed by atoms with van der Waals surface area (Å²) in [6.45, 7) is 1.77. The van der Waals surface area contributed by atoms with Gasteiger partial charge in [0, 0.05) is 5.38 Å². The Bertz CT molecular complexity index is 662. The Balaban J connectivity index is 2.12. The summed E-state index contributed by atoms with van der Waals surface area (Å²) in [5.41, 5.74) is 0.119. The summed E-state index contributed by atoms with van der Waals surface area (Å²) in [7, 11) is 1.29. The molecule has 0 spiro atoms. The van der Waals surface area contributed by atoms with Gasteiger partial charge in [0.05, 0.1) is 6.04 Å². The van der Waals surface area contributed by atoms with E-state index in [9.17, 15) is 14.4 Å². The van der Waals surface area contributed by atoms with Crippen molar-refractivity contribution in [2.75, 3.05) is 18.3 Å². The Morgan fingerprint density at radius 3 is 2.87 bits per heavy atom. The molecule has 1 aromatic rings. The van der Waals surface area contributed by atoms with Gasteiger partial charge in [-0.05, 0) is 6.92 Å². The standard InChI is InChI=1S/C12H14ClN5O4S/c1-5-8(10(20)14-5)17-11(21)9(18-22-2)6-4-23-12(15-6)16-7(19)3-13/h4-5,8H,3H2,1-2H3,(H,14,20)(H,17,21)(H,15,16,19)/t5-,8-/m0/s1. The van der Waals surface area contributed by atoms with E-state index in [0.29, 0.717) is 0 Å². The van der Waals surface area contributed by atoms with Crippen molar-refractivity contribution in [3.63, 3.8) is 0 Å². The van der Waals surface area contributed by atoms with Crippen molar-refractivity contribution in [1.82, 2.24) is 15.6 Å². The van der Waals surface area contributed by atoms with Crippen molar-refractivity contribution >= 4 is 51.5 Å². The summed E-state index contributed by atoms with van der Waals surface area (Å²) in [6, 6.07) is -0.789. The van der Waals surface area contributed by atoms with Crippen molar-refractivity contribution in [2.24, 2.45) is 5.16 Å². The fraction of sp³-hybridized carbons (Fsp3) is 0.417. The maximum atomic E-state index is 12.3. The highest BCUT2D eigenvalue weighted by Crippen LogP contribution is 2.17. The first kappa shape index (κ1) is 17.2. The lowest BCUT2D eigenvalue weighted by atomic mass is 10.0. The summed E-state index contributed by atoms with van der Waals surface area (Å²) < 4.78 is 0. The molecule has 3 N–H and O–H groups in total. The van der Waals surface area contributed by atoms with E-state index in [2.05, 4.69) is 30.9 Å². The second-order valence-corrected chi connectivity index (χ2v) is 5.72. The molecule has 0 unspecified atom stereocenters. The molecule has 124 valence electrons. The Kier molecular flexibility index (Phi) is 5.50. The highest BCUT2D eigenvalue weighted by Gasteiger charge is 2.38. The first-order valence-corrected chi connectivity index (χ1v) is 7.91. The first-order chi connectivity index (χ1) is 11.0. The second kappa shape index (κ2) is 7.38. The van der Waals surface area contributed by atoms with Crippen molar-refractivity contribution in [2.45, 2.75) is 19.0 Å². The number of alkyl halides is 1. The highest BCUT2D eigenvalue weighted by atomic mass is 35.5. The van der Waals surface area contributed by atoms with Crippen LogP contribution in [0.25, 0.3) is 0 Å². The lowest BCUT2D eigenvalue weighted by Crippen LogP contribution is -2.68. The van der Waals surface area contributed by atoms with Gasteiger partial charge in [-0.2, -0.15) is 0 Å². The van der Waals surface area contributed by atoms with Crippen molar-refractivity contribution in [3.05, 3.63) is 11.1 Å². The number of hydrogen-bond acceptors (Lipinski definition) is 7. The van der Waals surface area contributed by atoms with Crippen LogP contribution in [0.15, 0.2) is 10.5 Å². The van der Waals surface area contributed by atoms with E-state index in [-0.39, 0.29) is 34.4 Å². The minimum absolute atomic E-state index is 0.0953. The molecule has 0 aromatic carbocycles. The largest absolute Gasteiger partial charge is 0.398 e. The van der Waals surface area contributed by atoms with Crippen LogP contribution in [0, 0.1) is 0 Å². The van der Waals surface area contributed by atoms with Gasteiger partial charge in [0.15, 0.2) is 10.8 Å². The monoisotopic (exact) mass is 359 g/mol. The van der Waals surface area contributed by atoms with E-state index in [1.165, 1.54) is 12.5 Å². The SMILES string of the molecule is CON=C(C(=O)N[C@@H]1C(=O)N[C@H]1C)c1csc(NC(=O)CCl)n1. The smallest absolute Gasteiger partial charge is 0.276 e. The predicted molar refractivity (Wildman–Crippen MR) is 84.5 cm³/mol. The molecule has 2 rings (SSSR count). The summed E-state index contributed by atoms with van der Waals surface area (Å²) in [4.78, 5) is 43.6. The molecule has 1 aliphatic rings. The van der Waals surface area contributed by atoms with Gasteiger partial charge in [-0.1, -0.05) is 5.16 Å². The van der Waals surface area contributed by atoms with Gasteiger partial charge in [0.1, 0.15) is 24.7 Å². The molecule has 23 heavy (non-hydrogen) atoms. The average molecular weight is 360 g/mol. The zero-order valence-corrected chi connectivity index (χ0v) is 13.8. The Hall–Kier alpha value is -2.20. The zero-order valence-electron chi connectivity index (χ0n) is 12.3. The topological polar surface area (TPSA) is 122 Å². The van der Waals surface area contributed by atoms with E-state index in [1.54, 1.807) is 6.92 Å². The van der Waals surface area contributed by atoms with Crippen LogP contribution in [0.4, 0.5) is 5.13 Å². The number of nitrogens with one attached hydrogen (secondary N) is 3. The maximum Gasteiger partial charge on any atom is 0.276 e. The van der Waals surface area contributed by atoms with Crippen LogP contribution < -0.4 is 16.0 Å². The van der Waals surface area contributed by atoms with Crippen molar-refractivity contribution < 1.29 is 19.2 Å². The van der Waals surface area contributed by atoms with Gasteiger partial charge in [-0.25, -0.2) is 4.98 Å². The van der Waals surface area contributed by atoms with Crippen LogP contribution in [0.1, 0.15) is 12.6 Å². The molecule has 0 aliphatic carbocycles. The molecule has 1 aliphatic heterocycles. The number of rotatable bonds is 6. The van der Waals surface area contributed by atoms with Gasteiger partial charge in [-0.3, -0.25) is 14.4 Å². The summed E-state index contributed by atoms with van der Waals surface area (Å²) in [6.07, 6.45) is 0. The van der Waals surface area contributed by atoms with Gasteiger partial charge in [-0.15, -0.1) is 22.9 Å². The normalized spacial score (nSPS) is 20.3. The quantitative estimate of drug-likeness (QED) is 0.278. The molecule has 1 saturated heterocycles. The zero-order chi connectivity index (χ0) is 17.0. The summed E-state index contributed by atoms with van der Waals surface area (Å²) in [5, 5.41) is 13.1. The Labute approximate surface area is 140 Å². The Morgan fingerprint density at radius 1 is 1.57 bits per heavy atom. The lowest BCUT2D eigenvalue weighted by molar-refractivity contribution is -0.134. The molecular weight excluding hydrogens is 346 g/mol. The molecule has 0 saturated carbocycles. The number of anilines is 1. The lowest BCUT2D eigenvalue weighted by Gasteiger charge is -2.34. The first-order valence-electron chi connectivity index (χ1n) is 6.50. The minimum atomic E-state index is -0.626. The van der Waals surface area contributed by atoms with Crippen molar-refractivity contribution in [1.29, 1.82) is 0 Å². The third-order valence-electron chi connectivity index (χ3n) is 2.95. The molecule has 0 bridgehead atoms. The van der Waals surface area contributed by atoms with Crippen LogP contribution in [0.2, 0.25) is 0 Å². The number of amides is 3. The molecule has 3 amide bonds. The minimum Gasteiger partial charge on any atom is -0.398 e. The number of nitrogens with zero attached hydrogens (tertiary/aromatic N) is 2. The predicted octanol–water partition coefficient (Wildman–Crippen LogP) is -0.326. The van der Waals surface area contributed by atoms with E-state index < -0.39 is 17.9 Å². The molecule has 1 fully saturated rings. The van der Waals surface area contributed by atoms with E-state index >= 15 is 0 Å². The number of hydrogen-bond donors (Lipinski definition) is 3. The second-order valence-electron chi connectivity index (χ2n) is 4.59. The summed E-state index contributed by atoms with van der Waals surface area (Å²) >= 11 is 6.50. The molecule has 9 nitrogen and oxygen atoms in total. The summed E-state index contributed by atoms with van der Waals surface area (Å²) in [5.74, 6) is -1.49. The van der Waals surface area contributed by atoms with E-state index in [1.807, 2.05) is 0 Å². The number of oxime groups is 1. The fourth-order valence-electron chi connectivity index (χ4n) is 1.82. The molecular formula is C12H14ClN5O4S. The number of β-lactam (4-membered cyclic amide) rings is 1. The number of aromatic nitrogens is 1. The van der Waals surface area contributed by atoms with Crippen LogP contribution in [-0.2, 0) is 19.2 Å². The fourth-order valence-corrected chi connectivity index (χ4v) is 2.60. The van der Waals surface area contributed by atoms with E-state index in [4.69, 9.17) is 11.6 Å². The third kappa shape index (κ3) is 3.96. The van der Waals surface area contributed by atoms with Gasteiger partial charge < -0.3 is 20.8 Å². The molecule has 11 heteroatoms. The molecule has 2 atom stereocenters. The number of carbonyl (C=O) groups is 3. The molecule has 1 aromatic heterocycles. The average Bonchev–Trinajstić information content (AvgIpc) is 2.98. The number of carbonyl (C=O) groups excluding carboxylic acids is 3. The molecule has 2 heterocycles. The van der Waals surface area contributed by atoms with Crippen LogP contribution >= 0.6 is 22.9 Å². The van der Waals surface area contributed by atoms with E-state index in [0.717, 1.165) is 11.3 Å². The van der Waals surface area contributed by atoms with Crippen LogP contribution in [0.5, 0.6) is 0 Å².